The Hall–Kier alpha value is -0.810. The Bertz CT molecular complexity index is 502. The second kappa shape index (κ2) is 6.53. The van der Waals surface area contributed by atoms with Gasteiger partial charge in [0, 0.05) is 23.3 Å². The predicted octanol–water partition coefficient (Wildman–Crippen LogP) is 3.29. The van der Waals surface area contributed by atoms with Gasteiger partial charge in [-0.15, -0.1) is 0 Å². The van der Waals surface area contributed by atoms with Gasteiger partial charge in [0.2, 0.25) is 0 Å². The number of carbonyl (C=O) groups excluding carboxylic acids is 1. The van der Waals surface area contributed by atoms with Crippen LogP contribution >= 0.6 is 15.9 Å². The van der Waals surface area contributed by atoms with Gasteiger partial charge in [-0.3, -0.25) is 4.79 Å². The molecule has 0 atom stereocenters. The summed E-state index contributed by atoms with van der Waals surface area (Å²) in [6, 6.07) is 2.17. The van der Waals surface area contributed by atoms with Gasteiger partial charge in [0.25, 0.3) is 5.91 Å². The van der Waals surface area contributed by atoms with Crippen molar-refractivity contribution in [2.45, 2.75) is 39.7 Å². The summed E-state index contributed by atoms with van der Waals surface area (Å²) in [6.07, 6.45) is 4.24. The van der Waals surface area contributed by atoms with Gasteiger partial charge in [-0.05, 0) is 74.2 Å². The van der Waals surface area contributed by atoms with E-state index in [1.807, 2.05) is 16.8 Å². The topological polar surface area (TPSA) is 37.3 Å². The number of piperidine rings is 1. The van der Waals surface area contributed by atoms with Gasteiger partial charge in [-0.25, -0.2) is 0 Å². The molecule has 0 radical (unpaired) electrons. The molecule has 5 heteroatoms. The molecule has 1 aromatic rings. The molecule has 0 spiro atoms. The summed E-state index contributed by atoms with van der Waals surface area (Å²) < 4.78 is 2.96. The number of likely N-dealkylation sites (tertiary alicyclic amines) is 1. The van der Waals surface area contributed by atoms with Crippen LogP contribution in [0.25, 0.3) is 0 Å². The van der Waals surface area contributed by atoms with Crippen molar-refractivity contribution in [2.75, 3.05) is 26.7 Å². The third-order valence-electron chi connectivity index (χ3n) is 4.47. The van der Waals surface area contributed by atoms with Gasteiger partial charge in [0.15, 0.2) is 0 Å². The fraction of sp³-hybridized carbons (Fsp3) is 0.688. The SMILES string of the molecule is CC(C)n1cc(Br)cc1C(=O)NCC1(C)CCN(C)CC1. The van der Waals surface area contributed by atoms with E-state index in [4.69, 9.17) is 0 Å². The van der Waals surface area contributed by atoms with E-state index < -0.39 is 0 Å². The highest BCUT2D eigenvalue weighted by Gasteiger charge is 2.29. The van der Waals surface area contributed by atoms with Crippen molar-refractivity contribution >= 4 is 21.8 Å². The molecule has 0 unspecified atom stereocenters. The smallest absolute Gasteiger partial charge is 0.267 e. The first-order valence-corrected chi connectivity index (χ1v) is 8.44. The lowest BCUT2D eigenvalue weighted by Gasteiger charge is -2.38. The van der Waals surface area contributed by atoms with Crippen LogP contribution in [0.3, 0.4) is 0 Å². The molecule has 1 fully saturated rings. The summed E-state index contributed by atoms with van der Waals surface area (Å²) in [5, 5.41) is 3.13. The van der Waals surface area contributed by atoms with Crippen LogP contribution in [-0.4, -0.2) is 42.1 Å². The molecule has 2 heterocycles. The Morgan fingerprint density at radius 3 is 2.62 bits per heavy atom. The molecule has 1 aromatic heterocycles. The van der Waals surface area contributed by atoms with Gasteiger partial charge in [0.05, 0.1) is 0 Å². The lowest BCUT2D eigenvalue weighted by atomic mass is 9.80. The first kappa shape index (κ1) is 16.6. The highest BCUT2D eigenvalue weighted by Crippen LogP contribution is 2.29. The fourth-order valence-corrected chi connectivity index (χ4v) is 3.21. The molecule has 2 rings (SSSR count). The van der Waals surface area contributed by atoms with E-state index in [-0.39, 0.29) is 17.4 Å². The minimum atomic E-state index is 0.0227. The van der Waals surface area contributed by atoms with Gasteiger partial charge in [-0.1, -0.05) is 6.92 Å². The van der Waals surface area contributed by atoms with Crippen LogP contribution in [0.2, 0.25) is 0 Å². The molecule has 118 valence electrons. The van der Waals surface area contributed by atoms with Gasteiger partial charge < -0.3 is 14.8 Å². The van der Waals surface area contributed by atoms with Crippen LogP contribution in [0.5, 0.6) is 0 Å². The molecule has 0 saturated carbocycles. The van der Waals surface area contributed by atoms with Gasteiger partial charge in [-0.2, -0.15) is 0 Å². The Kier molecular flexibility index (Phi) is 5.15. The quantitative estimate of drug-likeness (QED) is 0.899. The van der Waals surface area contributed by atoms with Crippen molar-refractivity contribution in [3.63, 3.8) is 0 Å². The van der Waals surface area contributed by atoms with Crippen LogP contribution in [0.15, 0.2) is 16.7 Å². The maximum Gasteiger partial charge on any atom is 0.267 e. The monoisotopic (exact) mass is 355 g/mol. The van der Waals surface area contributed by atoms with E-state index in [0.29, 0.717) is 0 Å². The molecule has 4 nitrogen and oxygen atoms in total. The molecule has 1 saturated heterocycles. The van der Waals surface area contributed by atoms with Crippen molar-refractivity contribution in [1.29, 1.82) is 0 Å². The third kappa shape index (κ3) is 4.10. The van der Waals surface area contributed by atoms with Gasteiger partial charge in [0.1, 0.15) is 5.69 Å². The molecule has 1 aliphatic rings. The number of hydrogen-bond donors (Lipinski definition) is 1. The molecule has 0 bridgehead atoms. The average molecular weight is 356 g/mol. The number of hydrogen-bond acceptors (Lipinski definition) is 2. The summed E-state index contributed by atoms with van der Waals surface area (Å²) in [5.41, 5.74) is 0.947. The molecular formula is C16H26BrN3O. The van der Waals surface area contributed by atoms with Crippen LogP contribution < -0.4 is 5.32 Å². The summed E-state index contributed by atoms with van der Waals surface area (Å²) in [7, 11) is 2.16. The number of rotatable bonds is 4. The second-order valence-electron chi connectivity index (χ2n) is 6.84. The molecule has 1 aliphatic heterocycles. The standard InChI is InChI=1S/C16H26BrN3O/c1-12(2)20-10-13(17)9-14(20)15(21)18-11-16(3)5-7-19(4)8-6-16/h9-10,12H,5-8,11H2,1-4H3,(H,18,21). The highest BCUT2D eigenvalue weighted by molar-refractivity contribution is 9.10. The normalized spacial score (nSPS) is 19.0. The Labute approximate surface area is 136 Å². The van der Waals surface area contributed by atoms with Crippen molar-refractivity contribution in [3.05, 3.63) is 22.4 Å². The number of nitrogens with zero attached hydrogens (tertiary/aromatic N) is 2. The highest BCUT2D eigenvalue weighted by atomic mass is 79.9. The summed E-state index contributed by atoms with van der Waals surface area (Å²) in [4.78, 5) is 14.8. The van der Waals surface area contributed by atoms with Crippen molar-refractivity contribution in [1.82, 2.24) is 14.8 Å². The van der Waals surface area contributed by atoms with Crippen molar-refractivity contribution in [2.24, 2.45) is 5.41 Å². The summed E-state index contributed by atoms with van der Waals surface area (Å²) >= 11 is 3.46. The van der Waals surface area contributed by atoms with Gasteiger partial charge >= 0.3 is 0 Å². The van der Waals surface area contributed by atoms with Crippen LogP contribution in [0.4, 0.5) is 0 Å². The Balaban J connectivity index is 1.99. The second-order valence-corrected chi connectivity index (χ2v) is 7.76. The number of carbonyl (C=O) groups is 1. The Morgan fingerprint density at radius 1 is 1.43 bits per heavy atom. The van der Waals surface area contributed by atoms with E-state index in [2.05, 4.69) is 54.0 Å². The molecule has 1 amide bonds. The largest absolute Gasteiger partial charge is 0.350 e. The zero-order chi connectivity index (χ0) is 15.6. The predicted molar refractivity (Wildman–Crippen MR) is 89.7 cm³/mol. The minimum Gasteiger partial charge on any atom is -0.350 e. The third-order valence-corrected chi connectivity index (χ3v) is 4.91. The number of aromatic nitrogens is 1. The van der Waals surface area contributed by atoms with Crippen molar-refractivity contribution in [3.8, 4) is 0 Å². The maximum atomic E-state index is 12.5. The first-order chi connectivity index (χ1) is 9.81. The molecule has 0 aliphatic carbocycles. The summed E-state index contributed by atoms with van der Waals surface area (Å²) in [5.74, 6) is 0.0227. The summed E-state index contributed by atoms with van der Waals surface area (Å²) in [6.45, 7) is 9.42. The number of amides is 1. The number of nitrogens with one attached hydrogen (secondary N) is 1. The van der Waals surface area contributed by atoms with Crippen LogP contribution in [0.1, 0.15) is 50.1 Å². The molecular weight excluding hydrogens is 330 g/mol. The van der Waals surface area contributed by atoms with E-state index in [1.165, 1.54) is 0 Å². The van der Waals surface area contributed by atoms with E-state index >= 15 is 0 Å². The molecule has 0 aromatic carbocycles. The first-order valence-electron chi connectivity index (χ1n) is 7.65. The van der Waals surface area contributed by atoms with E-state index in [1.54, 1.807) is 0 Å². The Morgan fingerprint density at radius 2 is 2.05 bits per heavy atom. The van der Waals surface area contributed by atoms with Crippen molar-refractivity contribution < 1.29 is 4.79 Å². The van der Waals surface area contributed by atoms with Crippen LogP contribution in [-0.2, 0) is 0 Å². The maximum absolute atomic E-state index is 12.5. The van der Waals surface area contributed by atoms with E-state index in [9.17, 15) is 4.79 Å². The minimum absolute atomic E-state index is 0.0227. The molecule has 21 heavy (non-hydrogen) atoms. The lowest BCUT2D eigenvalue weighted by molar-refractivity contribution is 0.0881. The number of halogens is 1. The average Bonchev–Trinajstić information content (AvgIpc) is 2.82. The zero-order valence-corrected chi connectivity index (χ0v) is 15.0. The fourth-order valence-electron chi connectivity index (χ4n) is 2.77. The lowest BCUT2D eigenvalue weighted by Crippen LogP contribution is -2.43. The van der Waals surface area contributed by atoms with Crippen LogP contribution in [0, 0.1) is 5.41 Å². The zero-order valence-electron chi connectivity index (χ0n) is 13.4. The van der Waals surface area contributed by atoms with E-state index in [0.717, 1.165) is 42.6 Å². The molecule has 1 N–H and O–H groups in total.